The fraction of sp³-hybridized carbons (Fsp3) is 0.214. The predicted octanol–water partition coefficient (Wildman–Crippen LogP) is 1.25. The van der Waals surface area contributed by atoms with Gasteiger partial charge in [0.15, 0.2) is 0 Å². The second-order valence-corrected chi connectivity index (χ2v) is 6.18. The highest BCUT2D eigenvalue weighted by Crippen LogP contribution is 2.32. The molecule has 0 radical (unpaired) electrons. The fourth-order valence-corrected chi connectivity index (χ4v) is 3.14. The summed E-state index contributed by atoms with van der Waals surface area (Å²) in [6.07, 6.45) is 1.74. The number of nitrogens with zero attached hydrogens (tertiary/aromatic N) is 1. The first-order valence-electron chi connectivity index (χ1n) is 5.91. The van der Waals surface area contributed by atoms with Gasteiger partial charge in [-0.05, 0) is 31.1 Å². The highest BCUT2D eigenvalue weighted by Gasteiger charge is 2.31. The van der Waals surface area contributed by atoms with Gasteiger partial charge in [0, 0.05) is 0 Å². The van der Waals surface area contributed by atoms with Crippen molar-refractivity contribution in [1.29, 1.82) is 0 Å². The summed E-state index contributed by atoms with van der Waals surface area (Å²) in [6.45, 7) is 3.45. The van der Waals surface area contributed by atoms with Crippen LogP contribution in [0.1, 0.15) is 16.7 Å². The van der Waals surface area contributed by atoms with Crippen molar-refractivity contribution in [2.75, 3.05) is 6.54 Å². The third kappa shape index (κ3) is 3.08. The number of carbonyl (C=O) groups excluding carboxylic acids is 2. The molecule has 1 saturated heterocycles. The molecule has 0 N–H and O–H groups in total. The zero-order valence-corrected chi connectivity index (χ0v) is 12.6. The second-order valence-electron chi connectivity index (χ2n) is 4.50. The number of carboxylic acid groups (broad SMARTS) is 1. The van der Waals surface area contributed by atoms with E-state index in [-0.39, 0.29) is 10.2 Å². The molecule has 1 amide bonds. The molecule has 0 saturated carbocycles. The van der Waals surface area contributed by atoms with E-state index in [1.54, 1.807) is 6.08 Å². The molecule has 0 aromatic heterocycles. The number of thiocarbonyl (C=S) groups is 1. The lowest BCUT2D eigenvalue weighted by atomic mass is 10.1. The van der Waals surface area contributed by atoms with Crippen molar-refractivity contribution in [1.82, 2.24) is 4.90 Å². The van der Waals surface area contributed by atoms with Crippen LogP contribution in [0.25, 0.3) is 6.08 Å². The van der Waals surface area contributed by atoms with Gasteiger partial charge < -0.3 is 9.90 Å². The maximum atomic E-state index is 12.1. The van der Waals surface area contributed by atoms with Gasteiger partial charge in [-0.2, -0.15) is 0 Å². The molecule has 1 aliphatic heterocycles. The first-order chi connectivity index (χ1) is 9.38. The molecule has 104 valence electrons. The number of hydrogen-bond acceptors (Lipinski definition) is 5. The third-order valence-corrected chi connectivity index (χ3v) is 4.25. The summed E-state index contributed by atoms with van der Waals surface area (Å²) in [5.74, 6) is -1.71. The molecule has 20 heavy (non-hydrogen) atoms. The Morgan fingerprint density at radius 1 is 1.45 bits per heavy atom. The van der Waals surface area contributed by atoms with Crippen LogP contribution in [0.5, 0.6) is 0 Å². The standard InChI is InChI=1S/C14H13NO3S2/c1-8-3-4-10(9(2)5-8)6-11-13(18)15(7-12(16)17)14(19)20-11/h3-6H,7H2,1-2H3,(H,16,17)/p-1/b11-6-. The summed E-state index contributed by atoms with van der Waals surface area (Å²) < 4.78 is 0.246. The highest BCUT2D eigenvalue weighted by atomic mass is 32.2. The largest absolute Gasteiger partial charge is 0.548 e. The molecule has 1 aromatic carbocycles. The first kappa shape index (κ1) is 14.7. The molecule has 0 atom stereocenters. The molecule has 1 aromatic rings. The number of aryl methyl sites for hydroxylation is 2. The summed E-state index contributed by atoms with van der Waals surface area (Å²) in [5.41, 5.74) is 3.11. The fourth-order valence-electron chi connectivity index (χ4n) is 1.89. The van der Waals surface area contributed by atoms with Gasteiger partial charge in [0.05, 0.1) is 17.4 Å². The number of benzene rings is 1. The Morgan fingerprint density at radius 2 is 2.15 bits per heavy atom. The topological polar surface area (TPSA) is 60.4 Å². The maximum Gasteiger partial charge on any atom is 0.266 e. The van der Waals surface area contributed by atoms with Crippen LogP contribution in [-0.2, 0) is 9.59 Å². The van der Waals surface area contributed by atoms with E-state index < -0.39 is 12.5 Å². The van der Waals surface area contributed by atoms with Gasteiger partial charge in [0.1, 0.15) is 4.32 Å². The Bertz CT molecular complexity index is 637. The lowest BCUT2D eigenvalue weighted by Gasteiger charge is -2.14. The van der Waals surface area contributed by atoms with Crippen molar-refractivity contribution in [3.05, 3.63) is 39.8 Å². The van der Waals surface area contributed by atoms with E-state index in [1.165, 1.54) is 0 Å². The van der Waals surface area contributed by atoms with E-state index in [0.29, 0.717) is 4.91 Å². The Labute approximate surface area is 126 Å². The summed E-state index contributed by atoms with van der Waals surface area (Å²) in [7, 11) is 0. The summed E-state index contributed by atoms with van der Waals surface area (Å²) in [5, 5.41) is 10.6. The minimum Gasteiger partial charge on any atom is -0.548 e. The number of carboxylic acids is 1. The van der Waals surface area contributed by atoms with Gasteiger partial charge in [0.2, 0.25) is 0 Å². The Kier molecular flexibility index (Phi) is 4.25. The van der Waals surface area contributed by atoms with Crippen LogP contribution in [0.15, 0.2) is 23.1 Å². The zero-order chi connectivity index (χ0) is 14.9. The smallest absolute Gasteiger partial charge is 0.266 e. The third-order valence-electron chi connectivity index (χ3n) is 2.87. The average Bonchev–Trinajstić information content (AvgIpc) is 2.60. The molecule has 4 nitrogen and oxygen atoms in total. The van der Waals surface area contributed by atoms with Crippen LogP contribution in [0.3, 0.4) is 0 Å². The van der Waals surface area contributed by atoms with Crippen LogP contribution in [0.2, 0.25) is 0 Å². The summed E-state index contributed by atoms with van der Waals surface area (Å²) in [4.78, 5) is 24.2. The van der Waals surface area contributed by atoms with Gasteiger partial charge in [-0.1, -0.05) is 47.7 Å². The maximum absolute atomic E-state index is 12.1. The van der Waals surface area contributed by atoms with Crippen LogP contribution in [-0.4, -0.2) is 27.6 Å². The number of aliphatic carboxylic acids is 1. The zero-order valence-electron chi connectivity index (χ0n) is 11.0. The summed E-state index contributed by atoms with van der Waals surface area (Å²) >= 11 is 6.13. The van der Waals surface area contributed by atoms with Gasteiger partial charge in [0.25, 0.3) is 5.91 Å². The van der Waals surface area contributed by atoms with Gasteiger partial charge in [-0.15, -0.1) is 0 Å². The SMILES string of the molecule is Cc1ccc(/C=C2\SC(=S)N(CC(=O)[O-])C2=O)c(C)c1. The van der Waals surface area contributed by atoms with Crippen molar-refractivity contribution >= 4 is 46.3 Å². The number of thioether (sulfide) groups is 1. The van der Waals surface area contributed by atoms with E-state index in [1.807, 2.05) is 32.0 Å². The predicted molar refractivity (Wildman–Crippen MR) is 80.8 cm³/mol. The van der Waals surface area contributed by atoms with Crippen molar-refractivity contribution in [3.8, 4) is 0 Å². The molecule has 0 unspecified atom stereocenters. The van der Waals surface area contributed by atoms with Crippen molar-refractivity contribution < 1.29 is 14.7 Å². The molecule has 1 heterocycles. The Morgan fingerprint density at radius 3 is 2.75 bits per heavy atom. The van der Waals surface area contributed by atoms with Gasteiger partial charge in [-0.25, -0.2) is 0 Å². The number of carbonyl (C=O) groups is 2. The molecule has 1 aliphatic rings. The molecular formula is C14H12NO3S2-. The molecule has 0 aliphatic carbocycles. The Balaban J connectivity index is 2.30. The normalized spacial score (nSPS) is 17.1. The first-order valence-corrected chi connectivity index (χ1v) is 7.13. The van der Waals surface area contributed by atoms with E-state index in [0.717, 1.165) is 33.4 Å². The number of hydrogen-bond donors (Lipinski definition) is 0. The van der Waals surface area contributed by atoms with Crippen molar-refractivity contribution in [2.45, 2.75) is 13.8 Å². The van der Waals surface area contributed by atoms with Crippen LogP contribution >= 0.6 is 24.0 Å². The van der Waals surface area contributed by atoms with E-state index in [4.69, 9.17) is 12.2 Å². The molecular weight excluding hydrogens is 294 g/mol. The van der Waals surface area contributed by atoms with E-state index in [2.05, 4.69) is 0 Å². The van der Waals surface area contributed by atoms with Gasteiger partial charge >= 0.3 is 0 Å². The lowest BCUT2D eigenvalue weighted by Crippen LogP contribution is -2.40. The molecule has 0 bridgehead atoms. The minimum atomic E-state index is -1.32. The Hall–Kier alpha value is -1.66. The van der Waals surface area contributed by atoms with Crippen LogP contribution in [0.4, 0.5) is 0 Å². The highest BCUT2D eigenvalue weighted by molar-refractivity contribution is 8.26. The summed E-state index contributed by atoms with van der Waals surface area (Å²) in [6, 6.07) is 5.91. The van der Waals surface area contributed by atoms with Crippen molar-refractivity contribution in [3.63, 3.8) is 0 Å². The minimum absolute atomic E-state index is 0.246. The van der Waals surface area contributed by atoms with E-state index >= 15 is 0 Å². The molecule has 2 rings (SSSR count). The second kappa shape index (κ2) is 5.76. The molecule has 6 heteroatoms. The molecule has 0 spiro atoms. The average molecular weight is 306 g/mol. The number of rotatable bonds is 3. The van der Waals surface area contributed by atoms with Gasteiger partial charge in [-0.3, -0.25) is 9.69 Å². The monoisotopic (exact) mass is 306 g/mol. The van der Waals surface area contributed by atoms with E-state index in [9.17, 15) is 14.7 Å². The quantitative estimate of drug-likeness (QED) is 0.621. The van der Waals surface area contributed by atoms with Crippen LogP contribution in [0, 0.1) is 13.8 Å². The van der Waals surface area contributed by atoms with Crippen LogP contribution < -0.4 is 5.11 Å². The molecule has 1 fully saturated rings. The lowest BCUT2D eigenvalue weighted by molar-refractivity contribution is -0.305. The number of amides is 1. The van der Waals surface area contributed by atoms with Crippen molar-refractivity contribution in [2.24, 2.45) is 0 Å².